The molecular weight excluding hydrogens is 336 g/mol. The van der Waals surface area contributed by atoms with Crippen molar-refractivity contribution >= 4 is 11.8 Å². The maximum absolute atomic E-state index is 12.6. The number of hydrogen-bond acceptors (Lipinski definition) is 6. The molecule has 0 aromatic heterocycles. The topological polar surface area (TPSA) is 71.1 Å². The molecular formula is C20H30O6. The molecule has 146 valence electrons. The first-order chi connectivity index (χ1) is 12.6. The van der Waals surface area contributed by atoms with E-state index in [1.165, 1.54) is 12.2 Å². The van der Waals surface area contributed by atoms with E-state index in [1.807, 2.05) is 6.92 Å². The number of hydrogen-bond donors (Lipinski definition) is 0. The van der Waals surface area contributed by atoms with Crippen LogP contribution in [0.15, 0.2) is 24.3 Å². The lowest BCUT2D eigenvalue weighted by molar-refractivity contribution is -0.142. The van der Waals surface area contributed by atoms with Crippen LogP contribution in [0.3, 0.4) is 0 Å². The van der Waals surface area contributed by atoms with E-state index in [0.29, 0.717) is 19.6 Å². The maximum atomic E-state index is 12.6. The molecule has 1 heterocycles. The third-order valence-electron chi connectivity index (χ3n) is 4.82. The maximum Gasteiger partial charge on any atom is 0.331 e. The Bertz CT molecular complexity index is 512. The fourth-order valence-electron chi connectivity index (χ4n) is 3.41. The summed E-state index contributed by atoms with van der Waals surface area (Å²) in [6, 6.07) is 0. The Balaban J connectivity index is 1.95. The highest BCUT2D eigenvalue weighted by atomic mass is 16.7. The fourth-order valence-corrected chi connectivity index (χ4v) is 3.41. The summed E-state index contributed by atoms with van der Waals surface area (Å²) in [5, 5.41) is 0. The summed E-state index contributed by atoms with van der Waals surface area (Å²) >= 11 is 0. The Hall–Kier alpha value is -1.50. The van der Waals surface area contributed by atoms with Crippen LogP contribution in [0.4, 0.5) is 0 Å². The van der Waals surface area contributed by atoms with Crippen molar-refractivity contribution in [1.82, 2.24) is 0 Å². The molecule has 1 saturated carbocycles. The van der Waals surface area contributed by atoms with E-state index < -0.39 is 5.97 Å². The second kappa shape index (κ2) is 11.3. The molecule has 0 N–H and O–H groups in total. The quantitative estimate of drug-likeness (QED) is 0.312. The SMILES string of the molecule is COCCOCO[C@H]1C[C@H]2/C=C/CCC[C@H](C)OC(=O)/C=C\C(=O)[C@@H]2C1. The molecule has 0 aromatic carbocycles. The van der Waals surface area contributed by atoms with Gasteiger partial charge in [-0.3, -0.25) is 4.79 Å². The van der Waals surface area contributed by atoms with Gasteiger partial charge in [0.1, 0.15) is 6.79 Å². The third kappa shape index (κ3) is 7.02. The molecule has 0 radical (unpaired) electrons. The van der Waals surface area contributed by atoms with Crippen LogP contribution < -0.4 is 0 Å². The standard InChI is InChI=1S/C20H30O6/c1-15-6-4-3-5-7-16-12-17(25-14-24-11-10-23-2)13-18(16)19(21)8-9-20(22)26-15/h5,7-9,15-18H,3-4,6,10-14H2,1-2H3/b7-5+,9-8-/t15-,16+,17-,18+/m0/s1. The largest absolute Gasteiger partial charge is 0.460 e. The van der Waals surface area contributed by atoms with Gasteiger partial charge < -0.3 is 18.9 Å². The van der Waals surface area contributed by atoms with Crippen LogP contribution in [0, 0.1) is 11.8 Å². The molecule has 2 aliphatic rings. The number of allylic oxidation sites excluding steroid dienone is 3. The summed E-state index contributed by atoms with van der Waals surface area (Å²) in [7, 11) is 1.62. The summed E-state index contributed by atoms with van der Waals surface area (Å²) in [5.41, 5.74) is 0. The summed E-state index contributed by atoms with van der Waals surface area (Å²) in [4.78, 5) is 24.4. The Morgan fingerprint density at radius 3 is 2.85 bits per heavy atom. The number of carbonyl (C=O) groups is 2. The summed E-state index contributed by atoms with van der Waals surface area (Å²) in [5.74, 6) is -0.537. The second-order valence-electron chi connectivity index (χ2n) is 6.89. The first-order valence-electron chi connectivity index (χ1n) is 9.37. The highest BCUT2D eigenvalue weighted by Gasteiger charge is 2.37. The van der Waals surface area contributed by atoms with Crippen LogP contribution in [0.5, 0.6) is 0 Å². The molecule has 1 aliphatic heterocycles. The molecule has 6 nitrogen and oxygen atoms in total. The zero-order chi connectivity index (χ0) is 18.8. The van der Waals surface area contributed by atoms with Crippen LogP contribution in [0.25, 0.3) is 0 Å². The molecule has 0 saturated heterocycles. The second-order valence-corrected chi connectivity index (χ2v) is 6.89. The van der Waals surface area contributed by atoms with Crippen molar-refractivity contribution in [2.45, 2.75) is 51.2 Å². The van der Waals surface area contributed by atoms with Crippen molar-refractivity contribution in [2.24, 2.45) is 11.8 Å². The average molecular weight is 366 g/mol. The minimum absolute atomic E-state index is 0.0191. The van der Waals surface area contributed by atoms with Crippen molar-refractivity contribution in [1.29, 1.82) is 0 Å². The lowest BCUT2D eigenvalue weighted by atomic mass is 9.91. The molecule has 6 heteroatoms. The Kier molecular flexibility index (Phi) is 9.01. The monoisotopic (exact) mass is 366 g/mol. The van der Waals surface area contributed by atoms with Crippen molar-refractivity contribution in [2.75, 3.05) is 27.1 Å². The average Bonchev–Trinajstić information content (AvgIpc) is 3.02. The van der Waals surface area contributed by atoms with Crippen molar-refractivity contribution in [3.8, 4) is 0 Å². The summed E-state index contributed by atoms with van der Waals surface area (Å²) in [6.07, 6.45) is 10.8. The van der Waals surface area contributed by atoms with Crippen molar-refractivity contribution < 1.29 is 28.5 Å². The third-order valence-corrected chi connectivity index (χ3v) is 4.82. The highest BCUT2D eigenvalue weighted by molar-refractivity contribution is 5.97. The highest BCUT2D eigenvalue weighted by Crippen LogP contribution is 2.36. The Morgan fingerprint density at radius 2 is 2.04 bits per heavy atom. The van der Waals surface area contributed by atoms with Gasteiger partial charge in [0.15, 0.2) is 5.78 Å². The van der Waals surface area contributed by atoms with Gasteiger partial charge in [0, 0.05) is 19.1 Å². The van der Waals surface area contributed by atoms with Crippen LogP contribution in [0.1, 0.15) is 39.0 Å². The van der Waals surface area contributed by atoms with Crippen molar-refractivity contribution in [3.63, 3.8) is 0 Å². The molecule has 0 unspecified atom stereocenters. The number of fused-ring (bicyclic) bond motifs is 1. The molecule has 26 heavy (non-hydrogen) atoms. The van der Waals surface area contributed by atoms with Gasteiger partial charge in [-0.1, -0.05) is 12.2 Å². The van der Waals surface area contributed by atoms with Gasteiger partial charge in [-0.2, -0.15) is 0 Å². The Labute approximate surface area is 155 Å². The number of methoxy groups -OCH3 is 1. The van der Waals surface area contributed by atoms with Crippen molar-refractivity contribution in [3.05, 3.63) is 24.3 Å². The van der Waals surface area contributed by atoms with Crippen LogP contribution >= 0.6 is 0 Å². The van der Waals surface area contributed by atoms with E-state index >= 15 is 0 Å². The minimum atomic E-state index is -0.452. The molecule has 0 bridgehead atoms. The number of esters is 1. The number of ketones is 1. The van der Waals surface area contributed by atoms with E-state index in [2.05, 4.69) is 12.2 Å². The first kappa shape index (κ1) is 20.8. The van der Waals surface area contributed by atoms with Gasteiger partial charge in [-0.25, -0.2) is 4.79 Å². The van der Waals surface area contributed by atoms with Crippen LogP contribution in [0.2, 0.25) is 0 Å². The van der Waals surface area contributed by atoms with Gasteiger partial charge in [0.05, 0.1) is 25.4 Å². The van der Waals surface area contributed by atoms with Crippen LogP contribution in [-0.2, 0) is 28.5 Å². The smallest absolute Gasteiger partial charge is 0.331 e. The Morgan fingerprint density at radius 1 is 1.19 bits per heavy atom. The molecule has 0 spiro atoms. The van der Waals surface area contributed by atoms with E-state index in [-0.39, 0.29) is 36.6 Å². The van der Waals surface area contributed by atoms with E-state index in [1.54, 1.807) is 7.11 Å². The van der Waals surface area contributed by atoms with E-state index in [4.69, 9.17) is 18.9 Å². The van der Waals surface area contributed by atoms with Crippen LogP contribution in [-0.4, -0.2) is 51.1 Å². The lowest BCUT2D eigenvalue weighted by Gasteiger charge is -2.12. The van der Waals surface area contributed by atoms with E-state index in [0.717, 1.165) is 25.7 Å². The predicted molar refractivity (Wildman–Crippen MR) is 96.5 cm³/mol. The van der Waals surface area contributed by atoms with Gasteiger partial charge in [-0.15, -0.1) is 0 Å². The van der Waals surface area contributed by atoms with Gasteiger partial charge in [0.2, 0.25) is 0 Å². The van der Waals surface area contributed by atoms with Gasteiger partial charge in [0.25, 0.3) is 0 Å². The summed E-state index contributed by atoms with van der Waals surface area (Å²) < 4.78 is 21.3. The predicted octanol–water partition coefficient (Wildman–Crippen LogP) is 2.82. The molecule has 1 aliphatic carbocycles. The van der Waals surface area contributed by atoms with Gasteiger partial charge in [-0.05, 0) is 51.0 Å². The molecule has 1 fully saturated rings. The summed E-state index contributed by atoms with van der Waals surface area (Å²) in [6.45, 7) is 3.09. The van der Waals surface area contributed by atoms with Gasteiger partial charge >= 0.3 is 5.97 Å². The minimum Gasteiger partial charge on any atom is -0.460 e. The first-order valence-corrected chi connectivity index (χ1v) is 9.37. The zero-order valence-electron chi connectivity index (χ0n) is 15.7. The number of cyclic esters (lactones) is 1. The fraction of sp³-hybridized carbons (Fsp3) is 0.700. The van der Waals surface area contributed by atoms with E-state index in [9.17, 15) is 9.59 Å². The molecule has 2 rings (SSSR count). The lowest BCUT2D eigenvalue weighted by Crippen LogP contribution is -2.17. The molecule has 0 aromatic rings. The number of ether oxygens (including phenoxy) is 4. The molecule has 4 atom stereocenters. The molecule has 0 amide bonds. The zero-order valence-corrected chi connectivity index (χ0v) is 15.7. The number of rotatable bonds is 6. The normalized spacial score (nSPS) is 32.7. The number of carbonyl (C=O) groups excluding carboxylic acids is 2.